The zero-order valence-corrected chi connectivity index (χ0v) is 19.5. The zero-order chi connectivity index (χ0) is 22.2. The van der Waals surface area contributed by atoms with Gasteiger partial charge in [0.25, 0.3) is 10.0 Å². The van der Waals surface area contributed by atoms with Crippen molar-refractivity contribution >= 4 is 21.7 Å². The first-order valence-electron chi connectivity index (χ1n) is 10.7. The minimum atomic E-state index is -3.62. The minimum Gasteiger partial charge on any atom is -0.378 e. The molecule has 11 heteroatoms. The number of anilines is 2. The summed E-state index contributed by atoms with van der Waals surface area (Å²) in [6, 6.07) is 2.00. The predicted octanol–water partition coefficient (Wildman–Crippen LogP) is 0.989. The number of hydrogen-bond donors (Lipinski definition) is 0. The standard InChI is InChI=1S/C20H31N7O3S/c1-15(2)20-23-19(14-24(20)4)31(28,29)27-7-5-25(6-8-27)17-13-18(22-16(3)21-17)26-9-11-30-12-10-26/h13-15H,5-12H2,1-4H3. The summed E-state index contributed by atoms with van der Waals surface area (Å²) < 4.78 is 35.0. The highest BCUT2D eigenvalue weighted by Crippen LogP contribution is 2.24. The van der Waals surface area contributed by atoms with Gasteiger partial charge in [-0.05, 0) is 6.92 Å². The fraction of sp³-hybridized carbons (Fsp3) is 0.650. The molecule has 4 heterocycles. The monoisotopic (exact) mass is 449 g/mol. The molecule has 0 radical (unpaired) electrons. The van der Waals surface area contributed by atoms with E-state index in [-0.39, 0.29) is 10.9 Å². The molecule has 2 aromatic rings. The molecule has 2 aliphatic heterocycles. The lowest BCUT2D eigenvalue weighted by atomic mass is 10.2. The maximum atomic E-state index is 13.1. The first kappa shape index (κ1) is 22.0. The summed E-state index contributed by atoms with van der Waals surface area (Å²) in [4.78, 5) is 17.9. The van der Waals surface area contributed by atoms with Crippen LogP contribution in [0.15, 0.2) is 17.3 Å². The number of aryl methyl sites for hydroxylation is 2. The van der Waals surface area contributed by atoms with Crippen molar-refractivity contribution in [3.8, 4) is 0 Å². The highest BCUT2D eigenvalue weighted by molar-refractivity contribution is 7.89. The Kier molecular flexibility index (Phi) is 6.18. The number of rotatable bonds is 5. The predicted molar refractivity (Wildman–Crippen MR) is 118 cm³/mol. The average Bonchev–Trinajstić information content (AvgIpc) is 3.17. The lowest BCUT2D eigenvalue weighted by molar-refractivity contribution is 0.122. The highest BCUT2D eigenvalue weighted by Gasteiger charge is 2.32. The summed E-state index contributed by atoms with van der Waals surface area (Å²) in [6.45, 7) is 10.8. The maximum absolute atomic E-state index is 13.1. The summed E-state index contributed by atoms with van der Waals surface area (Å²) in [5.74, 6) is 3.38. The van der Waals surface area contributed by atoms with E-state index in [1.54, 1.807) is 10.8 Å². The van der Waals surface area contributed by atoms with Crippen LogP contribution in [0.1, 0.15) is 31.4 Å². The Labute approximate surface area is 183 Å². The molecule has 0 amide bonds. The molecule has 4 rings (SSSR count). The molecule has 2 aliphatic rings. The van der Waals surface area contributed by atoms with Gasteiger partial charge in [-0.2, -0.15) is 4.31 Å². The fourth-order valence-electron chi connectivity index (χ4n) is 4.06. The first-order valence-corrected chi connectivity index (χ1v) is 12.2. The van der Waals surface area contributed by atoms with Gasteiger partial charge in [0.2, 0.25) is 0 Å². The Morgan fingerprint density at radius 3 is 2.06 bits per heavy atom. The van der Waals surface area contributed by atoms with Crippen molar-refractivity contribution in [1.29, 1.82) is 0 Å². The number of nitrogens with zero attached hydrogens (tertiary/aromatic N) is 7. The van der Waals surface area contributed by atoms with Gasteiger partial charge in [0.1, 0.15) is 23.3 Å². The molecule has 2 saturated heterocycles. The molecular weight excluding hydrogens is 418 g/mol. The summed E-state index contributed by atoms with van der Waals surface area (Å²) in [7, 11) is -1.78. The van der Waals surface area contributed by atoms with E-state index in [0.717, 1.165) is 30.5 Å². The van der Waals surface area contributed by atoms with Crippen molar-refractivity contribution in [1.82, 2.24) is 23.8 Å². The van der Waals surface area contributed by atoms with E-state index < -0.39 is 10.0 Å². The van der Waals surface area contributed by atoms with Crippen LogP contribution in [0, 0.1) is 6.92 Å². The Hall–Kier alpha value is -2.24. The van der Waals surface area contributed by atoms with Gasteiger partial charge in [-0.15, -0.1) is 0 Å². The van der Waals surface area contributed by atoms with E-state index in [4.69, 9.17) is 4.74 Å². The summed E-state index contributed by atoms with van der Waals surface area (Å²) >= 11 is 0. The second-order valence-corrected chi connectivity index (χ2v) is 10.2. The van der Waals surface area contributed by atoms with Gasteiger partial charge in [-0.25, -0.2) is 23.4 Å². The molecule has 0 saturated carbocycles. The quantitative estimate of drug-likeness (QED) is 0.667. The Morgan fingerprint density at radius 1 is 0.935 bits per heavy atom. The normalized spacial score (nSPS) is 18.7. The molecule has 31 heavy (non-hydrogen) atoms. The minimum absolute atomic E-state index is 0.125. The zero-order valence-electron chi connectivity index (χ0n) is 18.7. The van der Waals surface area contributed by atoms with Crippen molar-refractivity contribution in [2.45, 2.75) is 31.7 Å². The summed E-state index contributed by atoms with van der Waals surface area (Å²) in [5, 5.41) is 0.125. The van der Waals surface area contributed by atoms with Crippen LogP contribution in [0.5, 0.6) is 0 Å². The molecule has 0 N–H and O–H groups in total. The van der Waals surface area contributed by atoms with E-state index in [0.29, 0.717) is 45.2 Å². The summed E-state index contributed by atoms with van der Waals surface area (Å²) in [5.41, 5.74) is 0. The van der Waals surface area contributed by atoms with Crippen molar-refractivity contribution in [3.63, 3.8) is 0 Å². The second kappa shape index (κ2) is 8.71. The van der Waals surface area contributed by atoms with Crippen molar-refractivity contribution < 1.29 is 13.2 Å². The van der Waals surface area contributed by atoms with Crippen LogP contribution < -0.4 is 9.80 Å². The third-order valence-corrected chi connectivity index (χ3v) is 7.49. The van der Waals surface area contributed by atoms with Gasteiger partial charge in [0.05, 0.1) is 13.2 Å². The lowest BCUT2D eigenvalue weighted by Crippen LogP contribution is -2.49. The molecular formula is C20H31N7O3S. The van der Waals surface area contributed by atoms with Gasteiger partial charge >= 0.3 is 0 Å². The molecule has 0 aliphatic carbocycles. The number of piperazine rings is 1. The number of ether oxygens (including phenoxy) is 1. The summed E-state index contributed by atoms with van der Waals surface area (Å²) in [6.07, 6.45) is 1.61. The Balaban J connectivity index is 1.47. The van der Waals surface area contributed by atoms with Crippen LogP contribution in [0.25, 0.3) is 0 Å². The molecule has 170 valence electrons. The van der Waals surface area contributed by atoms with Crippen LogP contribution in [0.2, 0.25) is 0 Å². The fourth-order valence-corrected chi connectivity index (χ4v) is 5.46. The van der Waals surface area contributed by atoms with Gasteiger partial charge < -0.3 is 19.1 Å². The van der Waals surface area contributed by atoms with Crippen LogP contribution >= 0.6 is 0 Å². The van der Waals surface area contributed by atoms with Crippen LogP contribution in [0.4, 0.5) is 11.6 Å². The van der Waals surface area contributed by atoms with Crippen molar-refractivity contribution in [2.24, 2.45) is 7.05 Å². The third-order valence-electron chi connectivity index (χ3n) is 5.72. The average molecular weight is 450 g/mol. The second-order valence-electron chi connectivity index (χ2n) is 8.33. The van der Waals surface area contributed by atoms with Crippen molar-refractivity contribution in [3.05, 3.63) is 23.9 Å². The SMILES string of the molecule is Cc1nc(N2CCOCC2)cc(N2CCN(S(=O)(=O)c3cn(C)c(C(C)C)n3)CC2)n1. The first-order chi connectivity index (χ1) is 14.8. The van der Waals surface area contributed by atoms with E-state index >= 15 is 0 Å². The molecule has 2 fully saturated rings. The third kappa shape index (κ3) is 4.53. The van der Waals surface area contributed by atoms with Crippen LogP contribution in [-0.4, -0.2) is 84.7 Å². The molecule has 0 aromatic carbocycles. The van der Waals surface area contributed by atoms with Crippen molar-refractivity contribution in [2.75, 3.05) is 62.3 Å². The number of hydrogen-bond acceptors (Lipinski definition) is 8. The molecule has 0 unspecified atom stereocenters. The molecule has 0 spiro atoms. The molecule has 0 bridgehead atoms. The number of morpholine rings is 1. The van der Waals surface area contributed by atoms with Gasteiger partial charge in [-0.1, -0.05) is 13.8 Å². The molecule has 2 aromatic heterocycles. The van der Waals surface area contributed by atoms with E-state index in [2.05, 4.69) is 24.8 Å². The Morgan fingerprint density at radius 2 is 1.52 bits per heavy atom. The van der Waals surface area contributed by atoms with Gasteiger partial charge in [-0.3, -0.25) is 0 Å². The van der Waals surface area contributed by atoms with Gasteiger partial charge in [0.15, 0.2) is 5.03 Å². The van der Waals surface area contributed by atoms with Gasteiger partial charge in [0, 0.05) is 64.5 Å². The van der Waals surface area contributed by atoms with Crippen LogP contribution in [0.3, 0.4) is 0 Å². The molecule has 0 atom stereocenters. The van der Waals surface area contributed by atoms with E-state index in [9.17, 15) is 8.42 Å². The number of sulfonamides is 1. The number of imidazole rings is 1. The Bertz CT molecular complexity index is 1020. The van der Waals surface area contributed by atoms with Crippen LogP contribution in [-0.2, 0) is 21.8 Å². The van der Waals surface area contributed by atoms with E-state index in [1.807, 2.05) is 33.9 Å². The topological polar surface area (TPSA) is 96.7 Å². The lowest BCUT2D eigenvalue weighted by Gasteiger charge is -2.35. The smallest absolute Gasteiger partial charge is 0.262 e. The number of aromatic nitrogens is 4. The molecule has 10 nitrogen and oxygen atoms in total. The largest absolute Gasteiger partial charge is 0.378 e. The van der Waals surface area contributed by atoms with E-state index in [1.165, 1.54) is 4.31 Å². The maximum Gasteiger partial charge on any atom is 0.262 e. The highest BCUT2D eigenvalue weighted by atomic mass is 32.2.